The molecular formula is C35H39NO. The SMILES string of the molecule is C=C=Cc1ccc2cc1C(=C)c1cccc(c1)OCc1cc(ccc1C)C2/C(C)=C/N=CC(C)C.CC. The van der Waals surface area contributed by atoms with E-state index in [-0.39, 0.29) is 5.92 Å². The zero-order valence-electron chi connectivity index (χ0n) is 23.1. The summed E-state index contributed by atoms with van der Waals surface area (Å²) in [5.41, 5.74) is 13.0. The van der Waals surface area contributed by atoms with Crippen molar-refractivity contribution in [3.63, 3.8) is 0 Å². The number of aliphatic imine (C=N–C) groups is 1. The lowest BCUT2D eigenvalue weighted by atomic mass is 9.82. The molecule has 3 aromatic rings. The average Bonchev–Trinajstić information content (AvgIpc) is 2.90. The summed E-state index contributed by atoms with van der Waals surface area (Å²) in [7, 11) is 0. The van der Waals surface area contributed by atoms with Crippen LogP contribution in [0.5, 0.6) is 5.75 Å². The first-order chi connectivity index (χ1) is 17.9. The van der Waals surface area contributed by atoms with Crippen LogP contribution in [0.1, 0.15) is 79.5 Å². The van der Waals surface area contributed by atoms with Crippen LogP contribution in [0.4, 0.5) is 0 Å². The summed E-state index contributed by atoms with van der Waals surface area (Å²) in [6.07, 6.45) is 5.89. The maximum absolute atomic E-state index is 6.24. The third-order valence-corrected chi connectivity index (χ3v) is 6.39. The number of ether oxygens (including phenoxy) is 1. The van der Waals surface area contributed by atoms with E-state index in [1.54, 1.807) is 0 Å². The predicted octanol–water partition coefficient (Wildman–Crippen LogP) is 9.54. The second-order valence-electron chi connectivity index (χ2n) is 9.52. The van der Waals surface area contributed by atoms with Crippen molar-refractivity contribution in [3.05, 3.63) is 130 Å². The number of nitrogens with zero attached hydrogens (tertiary/aromatic N) is 1. The number of allylic oxidation sites excluding steroid dienone is 1. The number of rotatable bonds is 4. The van der Waals surface area contributed by atoms with E-state index in [1.807, 2.05) is 44.5 Å². The van der Waals surface area contributed by atoms with Gasteiger partial charge in [0.25, 0.3) is 0 Å². The molecule has 0 aliphatic carbocycles. The van der Waals surface area contributed by atoms with E-state index in [9.17, 15) is 0 Å². The van der Waals surface area contributed by atoms with E-state index < -0.39 is 0 Å². The third kappa shape index (κ3) is 6.67. The largest absolute Gasteiger partial charge is 0.489 e. The van der Waals surface area contributed by atoms with Gasteiger partial charge in [-0.15, -0.1) is 5.73 Å². The van der Waals surface area contributed by atoms with Crippen LogP contribution in [0, 0.1) is 12.8 Å². The molecule has 37 heavy (non-hydrogen) atoms. The zero-order valence-corrected chi connectivity index (χ0v) is 23.1. The van der Waals surface area contributed by atoms with Crippen LogP contribution in [-0.2, 0) is 6.61 Å². The molecule has 1 aliphatic heterocycles. The van der Waals surface area contributed by atoms with Gasteiger partial charge in [0.15, 0.2) is 0 Å². The van der Waals surface area contributed by atoms with Crippen LogP contribution in [0.3, 0.4) is 0 Å². The minimum absolute atomic E-state index is 0.0517. The van der Waals surface area contributed by atoms with Crippen LogP contribution in [-0.4, -0.2) is 6.21 Å². The molecule has 0 aromatic heterocycles. The Morgan fingerprint density at radius 1 is 1.05 bits per heavy atom. The molecule has 0 spiro atoms. The van der Waals surface area contributed by atoms with Gasteiger partial charge >= 0.3 is 0 Å². The molecule has 2 heteroatoms. The molecule has 0 saturated heterocycles. The second kappa shape index (κ2) is 12.9. The normalized spacial score (nSPS) is 14.9. The number of hydrogen-bond acceptors (Lipinski definition) is 2. The average molecular weight is 490 g/mol. The molecule has 0 N–H and O–H groups in total. The van der Waals surface area contributed by atoms with Crippen molar-refractivity contribution in [1.29, 1.82) is 0 Å². The Labute approximate surface area is 223 Å². The number of benzene rings is 3. The van der Waals surface area contributed by atoms with Gasteiger partial charge in [-0.2, -0.15) is 0 Å². The van der Waals surface area contributed by atoms with Crippen molar-refractivity contribution in [1.82, 2.24) is 0 Å². The summed E-state index contributed by atoms with van der Waals surface area (Å²) < 4.78 is 6.24. The molecule has 1 atom stereocenters. The van der Waals surface area contributed by atoms with E-state index >= 15 is 0 Å². The maximum Gasteiger partial charge on any atom is 0.120 e. The summed E-state index contributed by atoms with van der Waals surface area (Å²) >= 11 is 0. The molecule has 1 unspecified atom stereocenters. The first kappa shape index (κ1) is 27.7. The first-order valence-electron chi connectivity index (χ1n) is 13.1. The van der Waals surface area contributed by atoms with Crippen molar-refractivity contribution in [2.75, 3.05) is 0 Å². The third-order valence-electron chi connectivity index (χ3n) is 6.39. The quantitative estimate of drug-likeness (QED) is 0.264. The Kier molecular flexibility index (Phi) is 9.66. The van der Waals surface area contributed by atoms with Crippen molar-refractivity contribution < 1.29 is 4.74 Å². The smallest absolute Gasteiger partial charge is 0.120 e. The lowest BCUT2D eigenvalue weighted by Gasteiger charge is -2.22. The van der Waals surface area contributed by atoms with Gasteiger partial charge < -0.3 is 4.74 Å². The van der Waals surface area contributed by atoms with Gasteiger partial charge in [-0.25, -0.2) is 0 Å². The summed E-state index contributed by atoms with van der Waals surface area (Å²) in [4.78, 5) is 4.61. The topological polar surface area (TPSA) is 21.6 Å². The Morgan fingerprint density at radius 3 is 2.51 bits per heavy atom. The van der Waals surface area contributed by atoms with Crippen LogP contribution >= 0.6 is 0 Å². The maximum atomic E-state index is 6.24. The molecule has 4 rings (SSSR count). The van der Waals surface area contributed by atoms with Gasteiger partial charge in [0, 0.05) is 18.3 Å². The van der Waals surface area contributed by atoms with E-state index in [0.717, 1.165) is 28.0 Å². The second-order valence-corrected chi connectivity index (χ2v) is 9.52. The molecule has 2 nitrogen and oxygen atoms in total. The van der Waals surface area contributed by atoms with E-state index in [4.69, 9.17) is 4.74 Å². The molecule has 0 fully saturated rings. The molecule has 0 radical (unpaired) electrons. The highest BCUT2D eigenvalue weighted by Gasteiger charge is 2.20. The fraction of sp³-hybridized carbons (Fsp3) is 0.257. The van der Waals surface area contributed by atoms with Crippen molar-refractivity contribution in [2.24, 2.45) is 10.9 Å². The van der Waals surface area contributed by atoms with E-state index in [0.29, 0.717) is 12.5 Å². The molecule has 3 aromatic carbocycles. The van der Waals surface area contributed by atoms with E-state index in [1.165, 1.54) is 27.8 Å². The van der Waals surface area contributed by atoms with Gasteiger partial charge in [-0.1, -0.05) is 83.3 Å². The highest BCUT2D eigenvalue weighted by Crippen LogP contribution is 2.37. The van der Waals surface area contributed by atoms with Gasteiger partial charge in [0.1, 0.15) is 12.4 Å². The van der Waals surface area contributed by atoms with Crippen LogP contribution in [0.15, 0.2) is 96.3 Å². The van der Waals surface area contributed by atoms with Crippen LogP contribution in [0.25, 0.3) is 11.6 Å². The lowest BCUT2D eigenvalue weighted by molar-refractivity contribution is 0.305. The number of fused-ring (bicyclic) bond motifs is 6. The molecule has 0 saturated carbocycles. The summed E-state index contributed by atoms with van der Waals surface area (Å²) in [5.74, 6) is 1.29. The highest BCUT2D eigenvalue weighted by atomic mass is 16.5. The fourth-order valence-corrected chi connectivity index (χ4v) is 4.49. The van der Waals surface area contributed by atoms with Gasteiger partial charge in [-0.3, -0.25) is 4.99 Å². The zero-order chi connectivity index (χ0) is 26.9. The molecular weight excluding hydrogens is 450 g/mol. The minimum Gasteiger partial charge on any atom is -0.489 e. The standard InChI is InChI=1S/C33H33NO.C2H6/c1-7-9-26-14-15-29-18-32(26)25(6)27-10-8-11-31(17-27)35-21-30-16-28(13-12-23(30)4)33(29)24(5)20-34-19-22(2)3;1-2/h8-20,22,33H,1,6,21H2,2-5H3;1-2H3/b24-20+,34-19?;. The summed E-state index contributed by atoms with van der Waals surface area (Å²) in [6.45, 7) is 21.3. The van der Waals surface area contributed by atoms with Crippen molar-refractivity contribution in [3.8, 4) is 5.75 Å². The Balaban J connectivity index is 0.00000186. The van der Waals surface area contributed by atoms with Crippen LogP contribution in [0.2, 0.25) is 0 Å². The molecule has 6 bridgehead atoms. The molecule has 0 amide bonds. The van der Waals surface area contributed by atoms with Crippen molar-refractivity contribution >= 4 is 17.9 Å². The first-order valence-corrected chi connectivity index (χ1v) is 13.1. The Hall–Kier alpha value is -3.87. The molecule has 190 valence electrons. The Morgan fingerprint density at radius 2 is 1.78 bits per heavy atom. The highest BCUT2D eigenvalue weighted by molar-refractivity contribution is 5.84. The Bertz CT molecular complexity index is 1370. The predicted molar refractivity (Wildman–Crippen MR) is 160 cm³/mol. The fourth-order valence-electron chi connectivity index (χ4n) is 4.49. The number of hydrogen-bond donors (Lipinski definition) is 0. The molecule has 1 aliphatic rings. The number of aryl methyl sites for hydroxylation is 1. The van der Waals surface area contributed by atoms with Gasteiger partial charge in [-0.05, 0) is 94.1 Å². The minimum atomic E-state index is 0.0517. The lowest BCUT2D eigenvalue weighted by Crippen LogP contribution is -2.06. The molecule has 1 heterocycles. The van der Waals surface area contributed by atoms with Gasteiger partial charge in [0.2, 0.25) is 0 Å². The van der Waals surface area contributed by atoms with E-state index in [2.05, 4.69) is 100 Å². The van der Waals surface area contributed by atoms with Crippen LogP contribution < -0.4 is 4.74 Å². The van der Waals surface area contributed by atoms with Crippen molar-refractivity contribution in [2.45, 2.75) is 54.1 Å². The monoisotopic (exact) mass is 489 g/mol. The summed E-state index contributed by atoms with van der Waals surface area (Å²) in [5, 5.41) is 0. The summed E-state index contributed by atoms with van der Waals surface area (Å²) in [6, 6.07) is 21.4. The van der Waals surface area contributed by atoms with Gasteiger partial charge in [0.05, 0.1) is 0 Å².